The molecule has 8 nitrogen and oxygen atoms in total. The van der Waals surface area contributed by atoms with E-state index in [1.54, 1.807) is 72.8 Å². The number of Topliss-reactive ketones (excluding diaryl/α,β-unsaturated/α-hetero) is 1. The molecule has 1 aromatic heterocycles. The molecule has 4 aromatic carbocycles. The number of carbonyl (C=O) groups excluding carboxylic acids is 4. The van der Waals surface area contributed by atoms with Gasteiger partial charge in [-0.2, -0.15) is 0 Å². The first kappa shape index (κ1) is 32.9. The molecule has 2 aliphatic rings. The third-order valence-electron chi connectivity index (χ3n) is 9.32. The van der Waals surface area contributed by atoms with E-state index in [2.05, 4.69) is 0 Å². The van der Waals surface area contributed by atoms with Crippen molar-refractivity contribution in [2.45, 2.75) is 33.0 Å². The molecule has 2 amide bonds. The van der Waals surface area contributed by atoms with Crippen LogP contribution in [-0.2, 0) is 20.9 Å². The summed E-state index contributed by atoms with van der Waals surface area (Å²) in [6, 6.07) is 30.0. The van der Waals surface area contributed by atoms with Gasteiger partial charge in [0.05, 0.1) is 34.3 Å². The monoisotopic (exact) mass is 684 g/mol. The molecule has 4 atom stereocenters. The second-order valence-electron chi connectivity index (χ2n) is 12.6. The van der Waals surface area contributed by atoms with Crippen molar-refractivity contribution in [3.63, 3.8) is 0 Å². The molecule has 1 fully saturated rings. The average molecular weight is 685 g/mol. The first-order chi connectivity index (χ1) is 24.2. The Morgan fingerprint density at radius 2 is 1.66 bits per heavy atom. The molecule has 0 saturated carbocycles. The fourth-order valence-corrected chi connectivity index (χ4v) is 6.84. The maximum absolute atomic E-state index is 13.7. The van der Waals surface area contributed by atoms with Gasteiger partial charge in [-0.15, -0.1) is 0 Å². The first-order valence-corrected chi connectivity index (χ1v) is 16.8. The van der Waals surface area contributed by atoms with Crippen LogP contribution < -0.4 is 9.64 Å². The van der Waals surface area contributed by atoms with Crippen LogP contribution in [0.3, 0.4) is 0 Å². The lowest BCUT2D eigenvalue weighted by atomic mass is 9.78. The van der Waals surface area contributed by atoms with Crippen molar-refractivity contribution >= 4 is 51.8 Å². The third-order valence-corrected chi connectivity index (χ3v) is 9.56. The third kappa shape index (κ3) is 6.42. The predicted octanol–water partition coefficient (Wildman–Crippen LogP) is 8.26. The summed E-state index contributed by atoms with van der Waals surface area (Å²) in [5, 5.41) is 0.884. The number of hydrogen-bond donors (Lipinski definition) is 0. The summed E-state index contributed by atoms with van der Waals surface area (Å²) in [6.07, 6.45) is 3.44. The maximum atomic E-state index is 13.7. The number of benzene rings is 4. The molecule has 0 radical (unpaired) electrons. The highest BCUT2D eigenvalue weighted by Gasteiger charge is 2.50. The van der Waals surface area contributed by atoms with Gasteiger partial charge in [0.15, 0.2) is 6.10 Å². The van der Waals surface area contributed by atoms with Crippen LogP contribution in [0.25, 0.3) is 22.2 Å². The fourth-order valence-electron chi connectivity index (χ4n) is 6.67. The number of aromatic nitrogens is 1. The number of anilines is 1. The molecule has 0 spiro atoms. The molecule has 4 unspecified atom stereocenters. The number of fused-ring (bicyclic) bond motifs is 2. The Hall–Kier alpha value is -5.60. The quantitative estimate of drug-likeness (QED) is 0.0667. The van der Waals surface area contributed by atoms with Gasteiger partial charge in [-0.3, -0.25) is 19.3 Å². The van der Waals surface area contributed by atoms with E-state index in [0.717, 1.165) is 5.56 Å². The Bertz CT molecular complexity index is 2150. The number of ether oxygens (including phenoxy) is 2. The van der Waals surface area contributed by atoms with Gasteiger partial charge in [0.2, 0.25) is 17.6 Å². The zero-order valence-corrected chi connectivity index (χ0v) is 28.2. The summed E-state index contributed by atoms with van der Waals surface area (Å²) in [5.74, 6) is -1.56. The summed E-state index contributed by atoms with van der Waals surface area (Å²) in [4.78, 5) is 59.5. The van der Waals surface area contributed by atoms with Gasteiger partial charge in [0.25, 0.3) is 0 Å². The van der Waals surface area contributed by atoms with Gasteiger partial charge in [-0.05, 0) is 85.5 Å². The van der Waals surface area contributed by atoms with E-state index in [1.165, 1.54) is 11.8 Å². The Kier molecular flexibility index (Phi) is 9.04. The number of hydrogen-bond acceptors (Lipinski definition) is 7. The summed E-state index contributed by atoms with van der Waals surface area (Å²) in [6.45, 7) is 3.89. The van der Waals surface area contributed by atoms with Gasteiger partial charge in [-0.25, -0.2) is 9.78 Å². The normalized spacial score (nSPS) is 18.9. The number of allylic oxidation sites excluding steroid dienone is 2. The lowest BCUT2D eigenvalue weighted by molar-refractivity contribution is -0.122. The van der Waals surface area contributed by atoms with E-state index in [9.17, 15) is 19.2 Å². The Balaban J connectivity index is 1.09. The molecule has 5 aromatic rings. The van der Waals surface area contributed by atoms with Crippen molar-refractivity contribution in [2.75, 3.05) is 4.90 Å². The van der Waals surface area contributed by atoms with E-state index in [1.807, 2.05) is 49.4 Å². The fraction of sp³-hybridized carbons (Fsp3) is 0.195. The minimum absolute atomic E-state index is 0.00807. The van der Waals surface area contributed by atoms with E-state index in [0.29, 0.717) is 57.2 Å². The largest absolute Gasteiger partial charge is 0.489 e. The number of carbonyl (C=O) groups is 4. The molecule has 1 aliphatic heterocycles. The molecule has 0 bridgehead atoms. The van der Waals surface area contributed by atoms with Gasteiger partial charge in [0, 0.05) is 21.5 Å². The Labute approximate surface area is 294 Å². The highest BCUT2D eigenvalue weighted by Crippen LogP contribution is 2.41. The van der Waals surface area contributed by atoms with Gasteiger partial charge < -0.3 is 9.47 Å². The number of halogens is 1. The number of rotatable bonds is 9. The molecule has 2 heterocycles. The molecular weight excluding hydrogens is 652 g/mol. The number of pyridine rings is 1. The Morgan fingerprint density at radius 3 is 2.38 bits per heavy atom. The van der Waals surface area contributed by atoms with Crippen molar-refractivity contribution in [1.29, 1.82) is 0 Å². The SMILES string of the molecule is CC(OC(=O)c1cc(-c2ccc(N3C(=O)C4CC=CC(C)C4C3=O)cc2)nc2ccc(Cl)cc12)C(=O)c1ccc(OCc2ccccc2)cc1. The topological polar surface area (TPSA) is 103 Å². The van der Waals surface area contributed by atoms with Gasteiger partial charge in [0.1, 0.15) is 12.4 Å². The Morgan fingerprint density at radius 1 is 0.920 bits per heavy atom. The summed E-state index contributed by atoms with van der Waals surface area (Å²) < 4.78 is 11.5. The lowest BCUT2D eigenvalue weighted by Crippen LogP contribution is -2.31. The van der Waals surface area contributed by atoms with Gasteiger partial charge in [-0.1, -0.05) is 73.1 Å². The number of ketones is 1. The molecule has 50 heavy (non-hydrogen) atoms. The van der Waals surface area contributed by atoms with E-state index in [4.69, 9.17) is 26.1 Å². The highest BCUT2D eigenvalue weighted by molar-refractivity contribution is 6.31. The zero-order valence-electron chi connectivity index (χ0n) is 27.4. The predicted molar refractivity (Wildman–Crippen MR) is 191 cm³/mol. The second kappa shape index (κ2) is 13.7. The highest BCUT2D eigenvalue weighted by atomic mass is 35.5. The van der Waals surface area contributed by atoms with E-state index >= 15 is 0 Å². The molecule has 1 saturated heterocycles. The van der Waals surface area contributed by atoms with Crippen molar-refractivity contribution in [3.8, 4) is 17.0 Å². The van der Waals surface area contributed by atoms with Crippen LogP contribution in [0.15, 0.2) is 115 Å². The van der Waals surface area contributed by atoms with Crippen LogP contribution >= 0.6 is 11.6 Å². The van der Waals surface area contributed by atoms with Crippen molar-refractivity contribution in [2.24, 2.45) is 17.8 Å². The van der Waals surface area contributed by atoms with Crippen LogP contribution in [0.5, 0.6) is 5.75 Å². The number of imide groups is 1. The minimum Gasteiger partial charge on any atom is -0.489 e. The molecule has 1 aliphatic carbocycles. The van der Waals surface area contributed by atoms with Crippen molar-refractivity contribution in [3.05, 3.63) is 137 Å². The molecule has 9 heteroatoms. The van der Waals surface area contributed by atoms with Crippen molar-refractivity contribution in [1.82, 2.24) is 4.98 Å². The van der Waals surface area contributed by atoms with Crippen molar-refractivity contribution < 1.29 is 28.7 Å². The first-order valence-electron chi connectivity index (χ1n) is 16.4. The molecule has 7 rings (SSSR count). The van der Waals surface area contributed by atoms with Crippen LogP contribution in [-0.4, -0.2) is 34.7 Å². The maximum Gasteiger partial charge on any atom is 0.339 e. The van der Waals surface area contributed by atoms with Crippen LogP contribution in [0.1, 0.15) is 46.5 Å². The standard InChI is InChI=1S/C41H33ClN2O6/c1-24-7-6-10-32-37(24)40(47)44(39(32)46)30-16-11-27(12-17-30)36-22-34(33-21-29(42)15-20-35(33)43-36)41(48)50-25(2)38(45)28-13-18-31(19-14-28)49-23-26-8-4-3-5-9-26/h3-9,11-22,24-25,32,37H,10,23H2,1-2H3. The van der Waals surface area contributed by atoms with Crippen LogP contribution in [0, 0.1) is 17.8 Å². The second-order valence-corrected chi connectivity index (χ2v) is 13.1. The smallest absolute Gasteiger partial charge is 0.339 e. The van der Waals surface area contributed by atoms with E-state index < -0.39 is 12.1 Å². The summed E-state index contributed by atoms with van der Waals surface area (Å²) in [5.41, 5.74) is 3.71. The number of esters is 1. The van der Waals surface area contributed by atoms with Crippen LogP contribution in [0.4, 0.5) is 5.69 Å². The summed E-state index contributed by atoms with van der Waals surface area (Å²) >= 11 is 6.31. The molecule has 0 N–H and O–H groups in total. The lowest BCUT2D eigenvalue weighted by Gasteiger charge is -2.22. The van der Waals surface area contributed by atoms with E-state index in [-0.39, 0.29) is 40.9 Å². The molecular formula is C41H33ClN2O6. The molecule has 250 valence electrons. The minimum atomic E-state index is -1.08. The number of nitrogens with zero attached hydrogens (tertiary/aromatic N) is 2. The summed E-state index contributed by atoms with van der Waals surface area (Å²) in [7, 11) is 0. The zero-order chi connectivity index (χ0) is 34.9. The number of amides is 2. The van der Waals surface area contributed by atoms with Crippen LogP contribution in [0.2, 0.25) is 5.02 Å². The van der Waals surface area contributed by atoms with Gasteiger partial charge >= 0.3 is 5.97 Å². The average Bonchev–Trinajstić information content (AvgIpc) is 3.40.